The first kappa shape index (κ1) is 13.7. The third-order valence-corrected chi connectivity index (χ3v) is 3.55. The smallest absolute Gasteiger partial charge is 0.232 e. The van der Waals surface area contributed by atoms with Crippen LogP contribution in [0.4, 0.5) is 0 Å². The van der Waals surface area contributed by atoms with Crippen molar-refractivity contribution in [2.45, 2.75) is 5.75 Å². The lowest BCUT2D eigenvalue weighted by Crippen LogP contribution is -2.23. The van der Waals surface area contributed by atoms with Gasteiger partial charge in [-0.15, -0.1) is 11.8 Å². The minimum atomic E-state index is 0.107. The molecule has 16 heavy (non-hydrogen) atoms. The fraction of sp³-hybridized carbons (Fsp3) is 0.364. The molecule has 0 aliphatic heterocycles. The highest BCUT2D eigenvalue weighted by Crippen LogP contribution is 2.24. The number of carbonyl (C=O) groups is 1. The van der Waals surface area contributed by atoms with Crippen LogP contribution in [0.15, 0.2) is 18.2 Å². The molecule has 0 unspecified atom stereocenters. The van der Waals surface area contributed by atoms with Gasteiger partial charge in [-0.05, 0) is 17.7 Å². The molecule has 1 amide bonds. The lowest BCUT2D eigenvalue weighted by atomic mass is 10.2. The monoisotopic (exact) mass is 277 g/mol. The number of rotatable bonds is 4. The molecular formula is C11H13Cl2NOS. The Bertz CT molecular complexity index is 382. The molecule has 0 fully saturated rings. The SMILES string of the molecule is CN(C)C(=O)CSCc1ccc(Cl)cc1Cl. The summed E-state index contributed by atoms with van der Waals surface area (Å²) in [6.07, 6.45) is 0. The van der Waals surface area contributed by atoms with Crippen molar-refractivity contribution in [3.63, 3.8) is 0 Å². The van der Waals surface area contributed by atoms with E-state index in [0.717, 1.165) is 11.3 Å². The Balaban J connectivity index is 2.46. The van der Waals surface area contributed by atoms with Gasteiger partial charge in [0.05, 0.1) is 5.75 Å². The molecule has 0 aliphatic carbocycles. The Kier molecular flexibility index (Phi) is 5.46. The minimum Gasteiger partial charge on any atom is -0.348 e. The maximum Gasteiger partial charge on any atom is 0.232 e. The Labute approximate surface area is 110 Å². The normalized spacial score (nSPS) is 10.2. The summed E-state index contributed by atoms with van der Waals surface area (Å²) in [6, 6.07) is 5.40. The molecule has 0 N–H and O–H groups in total. The third kappa shape index (κ3) is 4.24. The van der Waals surface area contributed by atoms with E-state index in [1.54, 1.807) is 42.9 Å². The number of thioether (sulfide) groups is 1. The number of nitrogens with zero attached hydrogens (tertiary/aromatic N) is 1. The topological polar surface area (TPSA) is 20.3 Å². The van der Waals surface area contributed by atoms with E-state index in [1.165, 1.54) is 0 Å². The van der Waals surface area contributed by atoms with Gasteiger partial charge in [0.25, 0.3) is 0 Å². The molecule has 0 bridgehead atoms. The standard InChI is InChI=1S/C11H13Cl2NOS/c1-14(2)11(15)7-16-6-8-3-4-9(12)5-10(8)13/h3-5H,6-7H2,1-2H3. The minimum absolute atomic E-state index is 0.107. The number of hydrogen-bond acceptors (Lipinski definition) is 2. The lowest BCUT2D eigenvalue weighted by molar-refractivity contribution is -0.125. The summed E-state index contributed by atoms with van der Waals surface area (Å²) in [5, 5.41) is 1.28. The summed E-state index contributed by atoms with van der Waals surface area (Å²) < 4.78 is 0. The van der Waals surface area contributed by atoms with E-state index >= 15 is 0 Å². The van der Waals surface area contributed by atoms with Gasteiger partial charge in [0, 0.05) is 29.9 Å². The molecule has 0 aliphatic rings. The number of hydrogen-bond donors (Lipinski definition) is 0. The van der Waals surface area contributed by atoms with Crippen LogP contribution in [0.25, 0.3) is 0 Å². The van der Waals surface area contributed by atoms with Crippen LogP contribution >= 0.6 is 35.0 Å². The lowest BCUT2D eigenvalue weighted by Gasteiger charge is -2.10. The molecule has 0 radical (unpaired) electrons. The van der Waals surface area contributed by atoms with Gasteiger partial charge in [0.1, 0.15) is 0 Å². The van der Waals surface area contributed by atoms with Gasteiger partial charge < -0.3 is 4.90 Å². The van der Waals surface area contributed by atoms with Crippen molar-refractivity contribution < 1.29 is 4.79 Å². The van der Waals surface area contributed by atoms with Crippen LogP contribution in [-0.4, -0.2) is 30.7 Å². The summed E-state index contributed by atoms with van der Waals surface area (Å²) in [7, 11) is 3.50. The second kappa shape index (κ2) is 6.38. The predicted octanol–water partition coefficient (Wildman–Crippen LogP) is 3.31. The van der Waals surface area contributed by atoms with Gasteiger partial charge in [0.15, 0.2) is 0 Å². The van der Waals surface area contributed by atoms with Crippen molar-refractivity contribution in [2.75, 3.05) is 19.8 Å². The van der Waals surface area contributed by atoms with Crippen LogP contribution < -0.4 is 0 Å². The Morgan fingerprint density at radius 2 is 2.06 bits per heavy atom. The molecule has 1 aromatic carbocycles. The number of carbonyl (C=O) groups excluding carboxylic acids is 1. The zero-order valence-electron chi connectivity index (χ0n) is 9.17. The first-order valence-electron chi connectivity index (χ1n) is 4.72. The van der Waals surface area contributed by atoms with Gasteiger partial charge in [-0.2, -0.15) is 0 Å². The molecule has 88 valence electrons. The summed E-state index contributed by atoms with van der Waals surface area (Å²) >= 11 is 13.3. The largest absolute Gasteiger partial charge is 0.348 e. The predicted molar refractivity (Wildman–Crippen MR) is 71.3 cm³/mol. The van der Waals surface area contributed by atoms with Crippen molar-refractivity contribution in [1.82, 2.24) is 4.90 Å². The Morgan fingerprint density at radius 1 is 1.38 bits per heavy atom. The van der Waals surface area contributed by atoms with E-state index in [-0.39, 0.29) is 5.91 Å². The second-order valence-electron chi connectivity index (χ2n) is 3.52. The number of amides is 1. The zero-order chi connectivity index (χ0) is 12.1. The molecule has 1 rings (SSSR count). The maximum atomic E-state index is 11.3. The average molecular weight is 278 g/mol. The van der Waals surface area contributed by atoms with E-state index < -0.39 is 0 Å². The van der Waals surface area contributed by atoms with Crippen LogP contribution in [0.1, 0.15) is 5.56 Å². The molecule has 0 atom stereocenters. The molecule has 0 heterocycles. The van der Waals surface area contributed by atoms with Crippen molar-refractivity contribution in [3.8, 4) is 0 Å². The summed E-state index contributed by atoms with van der Waals surface area (Å²) in [5.41, 5.74) is 1.00. The van der Waals surface area contributed by atoms with Crippen LogP contribution in [0, 0.1) is 0 Å². The highest BCUT2D eigenvalue weighted by Gasteiger charge is 2.06. The molecule has 0 aromatic heterocycles. The van der Waals surface area contributed by atoms with Crippen LogP contribution in [-0.2, 0) is 10.5 Å². The molecule has 0 saturated heterocycles. The van der Waals surface area contributed by atoms with Gasteiger partial charge in [-0.1, -0.05) is 29.3 Å². The van der Waals surface area contributed by atoms with Gasteiger partial charge >= 0.3 is 0 Å². The number of halogens is 2. The van der Waals surface area contributed by atoms with Gasteiger partial charge in [0.2, 0.25) is 5.91 Å². The van der Waals surface area contributed by atoms with Crippen LogP contribution in [0.3, 0.4) is 0 Å². The van der Waals surface area contributed by atoms with E-state index in [1.807, 2.05) is 6.07 Å². The summed E-state index contributed by atoms with van der Waals surface area (Å²) in [5.74, 6) is 1.29. The fourth-order valence-corrected chi connectivity index (χ4v) is 2.58. The second-order valence-corrected chi connectivity index (χ2v) is 5.35. The van der Waals surface area contributed by atoms with E-state index in [9.17, 15) is 4.79 Å². The van der Waals surface area contributed by atoms with Crippen LogP contribution in [0.5, 0.6) is 0 Å². The van der Waals surface area contributed by atoms with Crippen LogP contribution in [0.2, 0.25) is 10.0 Å². The highest BCUT2D eigenvalue weighted by molar-refractivity contribution is 7.99. The summed E-state index contributed by atoms with van der Waals surface area (Å²) in [6.45, 7) is 0. The average Bonchev–Trinajstić information content (AvgIpc) is 2.20. The molecule has 0 saturated carbocycles. The Morgan fingerprint density at radius 3 is 2.62 bits per heavy atom. The van der Waals surface area contributed by atoms with Gasteiger partial charge in [-0.3, -0.25) is 4.79 Å². The van der Waals surface area contributed by atoms with E-state index in [0.29, 0.717) is 15.8 Å². The summed E-state index contributed by atoms with van der Waals surface area (Å²) in [4.78, 5) is 12.9. The first-order chi connectivity index (χ1) is 7.50. The van der Waals surface area contributed by atoms with Gasteiger partial charge in [-0.25, -0.2) is 0 Å². The first-order valence-corrected chi connectivity index (χ1v) is 6.63. The molecule has 2 nitrogen and oxygen atoms in total. The highest BCUT2D eigenvalue weighted by atomic mass is 35.5. The molecule has 0 spiro atoms. The van der Waals surface area contributed by atoms with E-state index in [4.69, 9.17) is 23.2 Å². The molecule has 1 aromatic rings. The molecular weight excluding hydrogens is 265 g/mol. The van der Waals surface area contributed by atoms with Crippen molar-refractivity contribution in [1.29, 1.82) is 0 Å². The van der Waals surface area contributed by atoms with Crippen molar-refractivity contribution >= 4 is 40.9 Å². The maximum absolute atomic E-state index is 11.3. The Hall–Kier alpha value is -0.380. The fourth-order valence-electron chi connectivity index (χ4n) is 1.02. The quantitative estimate of drug-likeness (QED) is 0.842. The zero-order valence-corrected chi connectivity index (χ0v) is 11.5. The van der Waals surface area contributed by atoms with E-state index in [2.05, 4.69) is 0 Å². The molecule has 5 heteroatoms. The van der Waals surface area contributed by atoms with Crippen molar-refractivity contribution in [2.24, 2.45) is 0 Å². The third-order valence-electron chi connectivity index (χ3n) is 2.00. The number of benzene rings is 1. The van der Waals surface area contributed by atoms with Crippen molar-refractivity contribution in [3.05, 3.63) is 33.8 Å².